The molecule has 1 aliphatic heterocycles. The first kappa shape index (κ1) is 17.6. The molecule has 0 radical (unpaired) electrons. The van der Waals surface area contributed by atoms with Gasteiger partial charge in [-0.05, 0) is 12.1 Å². The molecule has 1 saturated heterocycles. The minimum Gasteiger partial charge on any atom is -0.336 e. The first-order chi connectivity index (χ1) is 12.1. The largest absolute Gasteiger partial charge is 0.336 e. The van der Waals surface area contributed by atoms with Crippen molar-refractivity contribution in [2.24, 2.45) is 0 Å². The van der Waals surface area contributed by atoms with E-state index >= 15 is 0 Å². The highest BCUT2D eigenvalue weighted by molar-refractivity contribution is 6.33. The Morgan fingerprint density at radius 1 is 0.960 bits per heavy atom. The summed E-state index contributed by atoms with van der Waals surface area (Å²) < 4.78 is 13.9. The highest BCUT2D eigenvalue weighted by Gasteiger charge is 2.26. The zero-order valence-electron chi connectivity index (χ0n) is 13.6. The average molecular weight is 361 g/mol. The minimum absolute atomic E-state index is 0.0533. The lowest BCUT2D eigenvalue weighted by Gasteiger charge is -2.34. The van der Waals surface area contributed by atoms with Gasteiger partial charge in [0, 0.05) is 31.7 Å². The van der Waals surface area contributed by atoms with Crippen LogP contribution >= 0.6 is 11.6 Å². The fraction of sp³-hybridized carbons (Fsp3) is 0.263. The van der Waals surface area contributed by atoms with Gasteiger partial charge in [0.2, 0.25) is 0 Å². The Morgan fingerprint density at radius 3 is 2.28 bits per heavy atom. The van der Waals surface area contributed by atoms with Crippen molar-refractivity contribution in [1.82, 2.24) is 9.80 Å². The van der Waals surface area contributed by atoms with Crippen LogP contribution in [0.4, 0.5) is 4.39 Å². The monoisotopic (exact) mass is 360 g/mol. The number of rotatable bonds is 4. The van der Waals surface area contributed by atoms with E-state index in [-0.39, 0.29) is 16.4 Å². The second-order valence-electron chi connectivity index (χ2n) is 5.95. The number of nitrogens with zero attached hydrogens (tertiary/aromatic N) is 2. The number of halogens is 2. The summed E-state index contributed by atoms with van der Waals surface area (Å²) in [5, 5.41) is 0.117. The number of ketones is 1. The van der Waals surface area contributed by atoms with E-state index < -0.39 is 11.7 Å². The van der Waals surface area contributed by atoms with E-state index in [0.29, 0.717) is 38.3 Å². The van der Waals surface area contributed by atoms with Gasteiger partial charge in [0.15, 0.2) is 5.78 Å². The van der Waals surface area contributed by atoms with Crippen molar-refractivity contribution in [1.29, 1.82) is 0 Å². The van der Waals surface area contributed by atoms with Crippen LogP contribution in [0.25, 0.3) is 0 Å². The lowest BCUT2D eigenvalue weighted by atomic mass is 10.1. The molecule has 0 aliphatic carbocycles. The number of Topliss-reactive ketones (excluding diaryl/α,β-unsaturated/α-hetero) is 1. The summed E-state index contributed by atoms with van der Waals surface area (Å²) in [4.78, 5) is 28.3. The third-order valence-electron chi connectivity index (χ3n) is 4.30. The minimum atomic E-state index is -0.612. The Labute approximate surface area is 150 Å². The number of carbonyl (C=O) groups excluding carboxylic acids is 2. The van der Waals surface area contributed by atoms with Crippen LogP contribution < -0.4 is 0 Å². The van der Waals surface area contributed by atoms with Crippen LogP contribution in [0.3, 0.4) is 0 Å². The Bertz CT molecular complexity index is 754. The van der Waals surface area contributed by atoms with E-state index in [1.807, 2.05) is 23.1 Å². The second-order valence-corrected chi connectivity index (χ2v) is 6.36. The Hall–Kier alpha value is -2.24. The number of benzene rings is 2. The summed E-state index contributed by atoms with van der Waals surface area (Å²) in [5.41, 5.74) is 0.595. The van der Waals surface area contributed by atoms with E-state index in [0.717, 1.165) is 0 Å². The molecule has 0 bridgehead atoms. The Morgan fingerprint density at radius 2 is 1.64 bits per heavy atom. The summed E-state index contributed by atoms with van der Waals surface area (Å²) in [6, 6.07) is 13.3. The predicted octanol–water partition coefficient (Wildman–Crippen LogP) is 3.12. The third-order valence-corrected chi connectivity index (χ3v) is 4.61. The smallest absolute Gasteiger partial charge is 0.258 e. The Kier molecular flexibility index (Phi) is 5.46. The molecule has 0 aromatic heterocycles. The Balaban J connectivity index is 1.59. The molecule has 2 aromatic rings. The molecule has 1 fully saturated rings. The summed E-state index contributed by atoms with van der Waals surface area (Å²) in [6.45, 7) is 2.32. The number of hydrogen-bond donors (Lipinski definition) is 0. The lowest BCUT2D eigenvalue weighted by Crippen LogP contribution is -2.50. The number of piperazine rings is 1. The van der Waals surface area contributed by atoms with Gasteiger partial charge in [0.05, 0.1) is 17.1 Å². The molecule has 4 nitrogen and oxygen atoms in total. The van der Waals surface area contributed by atoms with Crippen molar-refractivity contribution < 1.29 is 14.0 Å². The fourth-order valence-corrected chi connectivity index (χ4v) is 3.13. The normalized spacial score (nSPS) is 15.2. The highest BCUT2D eigenvalue weighted by Crippen LogP contribution is 2.21. The number of carbonyl (C=O) groups is 2. The number of hydrogen-bond acceptors (Lipinski definition) is 3. The quantitative estimate of drug-likeness (QED) is 0.787. The van der Waals surface area contributed by atoms with Crippen LogP contribution in [0, 0.1) is 5.82 Å². The van der Waals surface area contributed by atoms with Gasteiger partial charge in [-0.25, -0.2) is 4.39 Å². The van der Waals surface area contributed by atoms with E-state index in [1.54, 1.807) is 17.0 Å². The van der Waals surface area contributed by atoms with Crippen molar-refractivity contribution in [3.63, 3.8) is 0 Å². The molecule has 0 spiro atoms. The summed E-state index contributed by atoms with van der Waals surface area (Å²) in [5.74, 6) is -0.964. The van der Waals surface area contributed by atoms with Crippen LogP contribution in [0.1, 0.15) is 20.7 Å². The molecule has 1 amide bonds. The van der Waals surface area contributed by atoms with Gasteiger partial charge >= 0.3 is 0 Å². The van der Waals surface area contributed by atoms with Crippen molar-refractivity contribution in [2.45, 2.75) is 0 Å². The van der Waals surface area contributed by atoms with Gasteiger partial charge in [0.1, 0.15) is 5.82 Å². The van der Waals surface area contributed by atoms with Gasteiger partial charge in [-0.15, -0.1) is 0 Å². The molecule has 0 atom stereocenters. The van der Waals surface area contributed by atoms with Gasteiger partial charge in [-0.2, -0.15) is 0 Å². The zero-order chi connectivity index (χ0) is 17.8. The molecule has 0 saturated carbocycles. The highest BCUT2D eigenvalue weighted by atomic mass is 35.5. The predicted molar refractivity (Wildman–Crippen MR) is 94.5 cm³/mol. The van der Waals surface area contributed by atoms with Gasteiger partial charge in [0.25, 0.3) is 5.91 Å². The van der Waals surface area contributed by atoms with Gasteiger partial charge in [-0.3, -0.25) is 14.5 Å². The van der Waals surface area contributed by atoms with Crippen molar-refractivity contribution in [3.8, 4) is 0 Å². The topological polar surface area (TPSA) is 40.6 Å². The van der Waals surface area contributed by atoms with Crippen LogP contribution in [-0.4, -0.2) is 54.2 Å². The molecule has 3 rings (SSSR count). The maximum absolute atomic E-state index is 13.9. The molecular formula is C19H18ClFN2O2. The van der Waals surface area contributed by atoms with E-state index in [1.165, 1.54) is 18.2 Å². The molecule has 130 valence electrons. The zero-order valence-corrected chi connectivity index (χ0v) is 14.4. The summed E-state index contributed by atoms with van der Waals surface area (Å²) in [6.07, 6.45) is 0. The van der Waals surface area contributed by atoms with E-state index in [9.17, 15) is 14.0 Å². The number of amides is 1. The van der Waals surface area contributed by atoms with Crippen LogP contribution in [0.2, 0.25) is 5.02 Å². The molecule has 0 unspecified atom stereocenters. The van der Waals surface area contributed by atoms with Crippen molar-refractivity contribution >= 4 is 23.3 Å². The molecular weight excluding hydrogens is 343 g/mol. The van der Waals surface area contributed by atoms with E-state index in [2.05, 4.69) is 0 Å². The van der Waals surface area contributed by atoms with Crippen molar-refractivity contribution in [3.05, 3.63) is 70.5 Å². The molecule has 6 heteroatoms. The summed E-state index contributed by atoms with van der Waals surface area (Å²) in [7, 11) is 0. The first-order valence-corrected chi connectivity index (χ1v) is 8.48. The first-order valence-electron chi connectivity index (χ1n) is 8.10. The maximum Gasteiger partial charge on any atom is 0.258 e. The van der Waals surface area contributed by atoms with Crippen LogP contribution in [-0.2, 0) is 0 Å². The van der Waals surface area contributed by atoms with Crippen LogP contribution in [0.5, 0.6) is 0 Å². The average Bonchev–Trinajstić information content (AvgIpc) is 2.63. The molecule has 25 heavy (non-hydrogen) atoms. The molecule has 1 aliphatic rings. The second kappa shape index (κ2) is 7.76. The van der Waals surface area contributed by atoms with Crippen LogP contribution in [0.15, 0.2) is 48.5 Å². The standard InChI is InChI=1S/C19H18ClFN2O2/c20-15-7-4-8-16(21)18(15)19(25)23-11-9-22(10-12-23)13-17(24)14-5-2-1-3-6-14/h1-8H,9-13H2. The lowest BCUT2D eigenvalue weighted by molar-refractivity contribution is 0.0620. The van der Waals surface area contributed by atoms with E-state index in [4.69, 9.17) is 11.6 Å². The van der Waals surface area contributed by atoms with Crippen molar-refractivity contribution in [2.75, 3.05) is 32.7 Å². The van der Waals surface area contributed by atoms with Gasteiger partial charge < -0.3 is 4.90 Å². The summed E-state index contributed by atoms with van der Waals surface area (Å²) >= 11 is 5.97. The fourth-order valence-electron chi connectivity index (χ4n) is 2.89. The molecule has 0 N–H and O–H groups in total. The molecule has 1 heterocycles. The molecule has 2 aromatic carbocycles. The maximum atomic E-state index is 13.9. The SMILES string of the molecule is O=C(CN1CCN(C(=O)c2c(F)cccc2Cl)CC1)c1ccccc1. The van der Waals surface area contributed by atoms with Gasteiger partial charge in [-0.1, -0.05) is 48.0 Å². The third kappa shape index (κ3) is 4.06.